The number of carbonyl (C=O) groups excluding carboxylic acids is 1. The third-order valence-corrected chi connectivity index (χ3v) is 4.08. The Morgan fingerprint density at radius 1 is 1.48 bits per heavy atom. The largest absolute Gasteiger partial charge is 0.380 e. The minimum absolute atomic E-state index is 0.123. The molecule has 1 aliphatic rings. The van der Waals surface area contributed by atoms with Gasteiger partial charge in [-0.05, 0) is 37.5 Å². The molecule has 0 radical (unpaired) electrons. The highest BCUT2D eigenvalue weighted by atomic mass is 35.5. The van der Waals surface area contributed by atoms with Gasteiger partial charge < -0.3 is 15.2 Å². The number of benzene rings is 1. The number of rotatable bonds is 5. The molecule has 2 N–H and O–H groups in total. The van der Waals surface area contributed by atoms with E-state index in [0.29, 0.717) is 18.1 Å². The second kappa shape index (κ2) is 6.77. The summed E-state index contributed by atoms with van der Waals surface area (Å²) >= 11 is 5.89. The lowest BCUT2D eigenvalue weighted by atomic mass is 9.97. The van der Waals surface area contributed by atoms with Gasteiger partial charge in [0.05, 0.1) is 6.04 Å². The van der Waals surface area contributed by atoms with E-state index >= 15 is 0 Å². The van der Waals surface area contributed by atoms with Crippen molar-refractivity contribution in [1.29, 1.82) is 0 Å². The minimum Gasteiger partial charge on any atom is -0.380 e. The molecule has 3 unspecified atom stereocenters. The summed E-state index contributed by atoms with van der Waals surface area (Å²) in [6.45, 7) is 4.09. The molecule has 116 valence electrons. The summed E-state index contributed by atoms with van der Waals surface area (Å²) < 4.78 is 5.73. The van der Waals surface area contributed by atoms with Gasteiger partial charge in [-0.2, -0.15) is 0 Å². The van der Waals surface area contributed by atoms with Crippen LogP contribution < -0.4 is 5.32 Å². The molecule has 0 bridgehead atoms. The van der Waals surface area contributed by atoms with Crippen molar-refractivity contribution in [2.75, 3.05) is 6.61 Å². The van der Waals surface area contributed by atoms with E-state index in [1.54, 1.807) is 6.92 Å². The number of halogens is 1. The zero-order valence-corrected chi connectivity index (χ0v) is 13.2. The van der Waals surface area contributed by atoms with Crippen molar-refractivity contribution < 1.29 is 14.6 Å². The molecule has 0 saturated carbocycles. The molecule has 4 nitrogen and oxygen atoms in total. The summed E-state index contributed by atoms with van der Waals surface area (Å²) in [6, 6.07) is 7.31. The normalized spacial score (nSPS) is 24.6. The van der Waals surface area contributed by atoms with Gasteiger partial charge in [-0.15, -0.1) is 0 Å². The molecular formula is C16H22ClNO3. The lowest BCUT2D eigenvalue weighted by Gasteiger charge is -2.26. The van der Waals surface area contributed by atoms with E-state index in [2.05, 4.69) is 5.32 Å². The number of amides is 1. The molecule has 0 aromatic heterocycles. The summed E-state index contributed by atoms with van der Waals surface area (Å²) in [5, 5.41) is 13.8. The Balaban J connectivity index is 2.05. The molecule has 1 aliphatic heterocycles. The quantitative estimate of drug-likeness (QED) is 0.879. The molecule has 1 aromatic rings. The Morgan fingerprint density at radius 2 is 2.14 bits per heavy atom. The van der Waals surface area contributed by atoms with E-state index in [-0.39, 0.29) is 18.1 Å². The van der Waals surface area contributed by atoms with Crippen LogP contribution in [0.3, 0.4) is 0 Å². The topological polar surface area (TPSA) is 58.6 Å². The maximum Gasteiger partial charge on any atom is 0.251 e. The Labute approximate surface area is 130 Å². The molecule has 3 atom stereocenters. The number of hydrogen-bond acceptors (Lipinski definition) is 3. The molecule has 5 heteroatoms. The van der Waals surface area contributed by atoms with Crippen LogP contribution in [0.1, 0.15) is 44.8 Å². The zero-order valence-electron chi connectivity index (χ0n) is 12.4. The van der Waals surface area contributed by atoms with Crippen molar-refractivity contribution >= 4 is 17.5 Å². The molecule has 1 saturated heterocycles. The molecule has 0 spiro atoms. The molecule has 1 amide bonds. The first-order valence-electron chi connectivity index (χ1n) is 7.34. The number of ether oxygens (including phenoxy) is 1. The van der Waals surface area contributed by atoms with Crippen molar-refractivity contribution in [2.45, 2.75) is 50.9 Å². The predicted molar refractivity (Wildman–Crippen MR) is 82.2 cm³/mol. The lowest BCUT2D eigenvalue weighted by Crippen LogP contribution is -2.49. The Hall–Kier alpha value is -1.10. The Bertz CT molecular complexity index is 487. The van der Waals surface area contributed by atoms with Crippen molar-refractivity contribution in [3.05, 3.63) is 34.9 Å². The van der Waals surface area contributed by atoms with Crippen molar-refractivity contribution in [2.24, 2.45) is 0 Å². The van der Waals surface area contributed by atoms with Crippen LogP contribution in [0.15, 0.2) is 24.3 Å². The summed E-state index contributed by atoms with van der Waals surface area (Å²) in [5.41, 5.74) is -0.348. The SMILES string of the molecule is CCCC(C)(O)C(=O)NC1CCOC1c1ccc(Cl)cc1. The second-order valence-corrected chi connectivity index (χ2v) is 6.17. The summed E-state index contributed by atoms with van der Waals surface area (Å²) in [6.07, 6.45) is 1.74. The molecule has 21 heavy (non-hydrogen) atoms. The van der Waals surface area contributed by atoms with Gasteiger partial charge in [0.2, 0.25) is 0 Å². The van der Waals surface area contributed by atoms with Crippen LogP contribution in [0.25, 0.3) is 0 Å². The highest BCUT2D eigenvalue weighted by Gasteiger charge is 2.36. The van der Waals surface area contributed by atoms with Crippen LogP contribution in [0.4, 0.5) is 0 Å². The first-order valence-corrected chi connectivity index (χ1v) is 7.72. The van der Waals surface area contributed by atoms with Crippen molar-refractivity contribution in [1.82, 2.24) is 5.32 Å². The van der Waals surface area contributed by atoms with Gasteiger partial charge in [-0.3, -0.25) is 4.79 Å². The summed E-state index contributed by atoms with van der Waals surface area (Å²) in [5.74, 6) is -0.334. The van der Waals surface area contributed by atoms with E-state index in [0.717, 1.165) is 18.4 Å². The van der Waals surface area contributed by atoms with Crippen LogP contribution in [0.2, 0.25) is 5.02 Å². The van der Waals surface area contributed by atoms with Gasteiger partial charge in [0.25, 0.3) is 5.91 Å². The van der Waals surface area contributed by atoms with E-state index in [1.165, 1.54) is 0 Å². The number of nitrogens with one attached hydrogen (secondary N) is 1. The van der Waals surface area contributed by atoms with Crippen LogP contribution in [-0.4, -0.2) is 29.3 Å². The smallest absolute Gasteiger partial charge is 0.251 e. The van der Waals surface area contributed by atoms with Crippen LogP contribution in [-0.2, 0) is 9.53 Å². The van der Waals surface area contributed by atoms with E-state index < -0.39 is 5.60 Å². The maximum atomic E-state index is 12.2. The number of carbonyl (C=O) groups is 1. The molecule has 1 aromatic carbocycles. The van der Waals surface area contributed by atoms with Gasteiger partial charge in [-0.1, -0.05) is 37.1 Å². The van der Waals surface area contributed by atoms with Gasteiger partial charge in [0, 0.05) is 11.6 Å². The molecule has 1 fully saturated rings. The fourth-order valence-corrected chi connectivity index (χ4v) is 2.77. The van der Waals surface area contributed by atoms with Crippen molar-refractivity contribution in [3.63, 3.8) is 0 Å². The van der Waals surface area contributed by atoms with Crippen molar-refractivity contribution in [3.8, 4) is 0 Å². The first-order chi connectivity index (χ1) is 9.94. The fourth-order valence-electron chi connectivity index (χ4n) is 2.64. The summed E-state index contributed by atoms with van der Waals surface area (Å²) in [4.78, 5) is 12.2. The van der Waals surface area contributed by atoms with E-state index in [9.17, 15) is 9.90 Å². The van der Waals surface area contributed by atoms with Gasteiger partial charge >= 0.3 is 0 Å². The number of hydrogen-bond donors (Lipinski definition) is 2. The maximum absolute atomic E-state index is 12.2. The van der Waals surface area contributed by atoms with E-state index in [4.69, 9.17) is 16.3 Å². The molecular weight excluding hydrogens is 290 g/mol. The predicted octanol–water partition coefficient (Wildman–Crippen LogP) is 2.84. The Morgan fingerprint density at radius 3 is 2.76 bits per heavy atom. The van der Waals surface area contributed by atoms with Crippen LogP contribution >= 0.6 is 11.6 Å². The first kappa shape index (κ1) is 16.3. The monoisotopic (exact) mass is 311 g/mol. The highest BCUT2D eigenvalue weighted by molar-refractivity contribution is 6.30. The van der Waals surface area contributed by atoms with Gasteiger partial charge in [-0.25, -0.2) is 0 Å². The van der Waals surface area contributed by atoms with Crippen LogP contribution in [0.5, 0.6) is 0 Å². The number of aliphatic hydroxyl groups is 1. The standard InChI is InChI=1S/C16H22ClNO3/c1-3-9-16(2,20)15(19)18-13-8-10-21-14(13)11-4-6-12(17)7-5-11/h4-7,13-14,20H,3,8-10H2,1-2H3,(H,18,19). The minimum atomic E-state index is -1.33. The third-order valence-electron chi connectivity index (χ3n) is 3.83. The molecule has 1 heterocycles. The second-order valence-electron chi connectivity index (χ2n) is 5.74. The average Bonchev–Trinajstić information content (AvgIpc) is 2.87. The van der Waals surface area contributed by atoms with Gasteiger partial charge in [0.1, 0.15) is 11.7 Å². The lowest BCUT2D eigenvalue weighted by molar-refractivity contribution is -0.140. The van der Waals surface area contributed by atoms with Crippen LogP contribution in [0, 0.1) is 0 Å². The third kappa shape index (κ3) is 3.96. The highest BCUT2D eigenvalue weighted by Crippen LogP contribution is 2.30. The average molecular weight is 312 g/mol. The molecule has 0 aliphatic carbocycles. The zero-order chi connectivity index (χ0) is 15.5. The van der Waals surface area contributed by atoms with E-state index in [1.807, 2.05) is 31.2 Å². The molecule has 2 rings (SSSR count). The van der Waals surface area contributed by atoms with Gasteiger partial charge in [0.15, 0.2) is 0 Å². The Kier molecular flexibility index (Phi) is 5.25. The fraction of sp³-hybridized carbons (Fsp3) is 0.562. The summed E-state index contributed by atoms with van der Waals surface area (Å²) in [7, 11) is 0.